The molecule has 0 radical (unpaired) electrons. The summed E-state index contributed by atoms with van der Waals surface area (Å²) in [6.45, 7) is 1.08. The molecule has 1 fully saturated rings. The molecule has 0 amide bonds. The normalized spacial score (nSPS) is 16.4. The minimum Gasteiger partial charge on any atom is -0.444 e. The molecular formula is C16H20N2O. The first-order valence-electron chi connectivity index (χ1n) is 7.14. The maximum Gasteiger partial charge on any atom is 0.181 e. The Labute approximate surface area is 114 Å². The van der Waals surface area contributed by atoms with E-state index in [0.717, 1.165) is 23.8 Å². The minimum atomic E-state index is 0.821. The summed E-state index contributed by atoms with van der Waals surface area (Å²) in [6.07, 6.45) is 10.2. The molecule has 1 aromatic heterocycles. The van der Waals surface area contributed by atoms with E-state index in [-0.39, 0.29) is 0 Å². The third-order valence-corrected chi connectivity index (χ3v) is 3.90. The molecule has 19 heavy (non-hydrogen) atoms. The van der Waals surface area contributed by atoms with Gasteiger partial charge in [-0.2, -0.15) is 0 Å². The van der Waals surface area contributed by atoms with Gasteiger partial charge in [-0.05, 0) is 30.9 Å². The van der Waals surface area contributed by atoms with Crippen molar-refractivity contribution >= 4 is 5.69 Å². The van der Waals surface area contributed by atoms with E-state index in [2.05, 4.69) is 28.5 Å². The maximum atomic E-state index is 5.33. The van der Waals surface area contributed by atoms with Crippen molar-refractivity contribution in [3.8, 4) is 11.3 Å². The lowest BCUT2D eigenvalue weighted by Crippen LogP contribution is -2.17. The average molecular weight is 256 g/mol. The molecule has 0 saturated heterocycles. The summed E-state index contributed by atoms with van der Waals surface area (Å²) in [4.78, 5) is 3.96. The molecule has 1 aliphatic rings. The predicted molar refractivity (Wildman–Crippen MR) is 77.0 cm³/mol. The quantitative estimate of drug-likeness (QED) is 0.884. The fraction of sp³-hybridized carbons (Fsp3) is 0.438. The van der Waals surface area contributed by atoms with Crippen LogP contribution in [0, 0.1) is 5.92 Å². The van der Waals surface area contributed by atoms with E-state index in [0.29, 0.717) is 0 Å². The van der Waals surface area contributed by atoms with Gasteiger partial charge in [-0.15, -0.1) is 0 Å². The van der Waals surface area contributed by atoms with Gasteiger partial charge in [-0.25, -0.2) is 4.98 Å². The number of rotatable bonds is 4. The van der Waals surface area contributed by atoms with Gasteiger partial charge < -0.3 is 9.73 Å². The van der Waals surface area contributed by atoms with Crippen LogP contribution in [0.25, 0.3) is 11.3 Å². The molecule has 3 heteroatoms. The average Bonchev–Trinajstić information content (AvgIpc) is 3.01. The molecule has 1 N–H and O–H groups in total. The van der Waals surface area contributed by atoms with Crippen molar-refractivity contribution in [3.63, 3.8) is 0 Å². The molecule has 1 heterocycles. The number of benzene rings is 1. The van der Waals surface area contributed by atoms with E-state index in [1.165, 1.54) is 44.2 Å². The number of anilines is 1. The van der Waals surface area contributed by atoms with E-state index >= 15 is 0 Å². The first kappa shape index (κ1) is 12.3. The fourth-order valence-electron chi connectivity index (χ4n) is 2.79. The van der Waals surface area contributed by atoms with E-state index in [4.69, 9.17) is 4.42 Å². The Morgan fingerprint density at radius 1 is 1.21 bits per heavy atom. The summed E-state index contributed by atoms with van der Waals surface area (Å²) in [6, 6.07) is 8.35. The second-order valence-corrected chi connectivity index (χ2v) is 5.33. The molecule has 0 atom stereocenters. The van der Waals surface area contributed by atoms with Gasteiger partial charge in [-0.3, -0.25) is 0 Å². The van der Waals surface area contributed by atoms with Gasteiger partial charge in [0.15, 0.2) is 12.2 Å². The van der Waals surface area contributed by atoms with Crippen molar-refractivity contribution in [1.29, 1.82) is 0 Å². The molecule has 100 valence electrons. The van der Waals surface area contributed by atoms with Crippen molar-refractivity contribution in [1.82, 2.24) is 4.98 Å². The van der Waals surface area contributed by atoms with Gasteiger partial charge in [-0.1, -0.05) is 31.4 Å². The van der Waals surface area contributed by atoms with Crippen LogP contribution in [-0.2, 0) is 0 Å². The number of hydrogen-bond acceptors (Lipinski definition) is 3. The first-order valence-corrected chi connectivity index (χ1v) is 7.14. The van der Waals surface area contributed by atoms with Crippen LogP contribution in [0.4, 0.5) is 5.69 Å². The highest BCUT2D eigenvalue weighted by atomic mass is 16.3. The highest BCUT2D eigenvalue weighted by molar-refractivity contribution is 5.63. The third kappa shape index (κ3) is 3.16. The summed E-state index contributed by atoms with van der Waals surface area (Å²) < 4.78 is 5.33. The Hall–Kier alpha value is -1.77. The molecule has 1 saturated carbocycles. The number of aromatic nitrogens is 1. The standard InChI is InChI=1S/C16H20N2O/c1-2-5-13(6-3-1)10-18-15-8-4-7-14(9-15)16-11-17-12-19-16/h4,7-9,11-13,18H,1-3,5-6,10H2. The van der Waals surface area contributed by atoms with Gasteiger partial charge in [0.1, 0.15) is 0 Å². The summed E-state index contributed by atoms with van der Waals surface area (Å²) in [5, 5.41) is 3.55. The Kier molecular flexibility index (Phi) is 3.82. The van der Waals surface area contributed by atoms with Crippen LogP contribution >= 0.6 is 0 Å². The highest BCUT2D eigenvalue weighted by Gasteiger charge is 2.12. The molecule has 0 unspecified atom stereocenters. The molecule has 0 bridgehead atoms. The summed E-state index contributed by atoms with van der Waals surface area (Å²) in [7, 11) is 0. The lowest BCUT2D eigenvalue weighted by molar-refractivity contribution is 0.373. The number of nitrogens with zero attached hydrogens (tertiary/aromatic N) is 1. The highest BCUT2D eigenvalue weighted by Crippen LogP contribution is 2.25. The fourth-order valence-corrected chi connectivity index (χ4v) is 2.79. The van der Waals surface area contributed by atoms with Crippen molar-refractivity contribution < 1.29 is 4.42 Å². The van der Waals surface area contributed by atoms with Gasteiger partial charge in [0.2, 0.25) is 0 Å². The van der Waals surface area contributed by atoms with E-state index in [1.54, 1.807) is 6.20 Å². The molecule has 2 aromatic rings. The Balaban J connectivity index is 1.63. The molecule has 0 aliphatic heterocycles. The van der Waals surface area contributed by atoms with E-state index in [9.17, 15) is 0 Å². The second-order valence-electron chi connectivity index (χ2n) is 5.33. The van der Waals surface area contributed by atoms with E-state index in [1.807, 2.05) is 6.07 Å². The SMILES string of the molecule is c1cc(NCC2CCCCC2)cc(-c2cnco2)c1. The monoisotopic (exact) mass is 256 g/mol. The summed E-state index contributed by atoms with van der Waals surface area (Å²) in [5.74, 6) is 1.66. The zero-order chi connectivity index (χ0) is 12.9. The molecule has 0 spiro atoms. The van der Waals surface area contributed by atoms with Crippen LogP contribution in [0.3, 0.4) is 0 Å². The summed E-state index contributed by atoms with van der Waals surface area (Å²) in [5.41, 5.74) is 2.24. The molecule has 3 nitrogen and oxygen atoms in total. The number of hydrogen-bond donors (Lipinski definition) is 1. The molecule has 3 rings (SSSR count). The van der Waals surface area contributed by atoms with Crippen LogP contribution in [0.15, 0.2) is 41.3 Å². The lowest BCUT2D eigenvalue weighted by atomic mass is 9.89. The smallest absolute Gasteiger partial charge is 0.181 e. The lowest BCUT2D eigenvalue weighted by Gasteiger charge is -2.22. The number of nitrogens with one attached hydrogen (secondary N) is 1. The first-order chi connectivity index (χ1) is 9.42. The van der Waals surface area contributed by atoms with Crippen LogP contribution < -0.4 is 5.32 Å². The van der Waals surface area contributed by atoms with Crippen molar-refractivity contribution in [3.05, 3.63) is 36.9 Å². The largest absolute Gasteiger partial charge is 0.444 e. The van der Waals surface area contributed by atoms with Crippen LogP contribution in [0.1, 0.15) is 32.1 Å². The summed E-state index contributed by atoms with van der Waals surface area (Å²) >= 11 is 0. The predicted octanol–water partition coefficient (Wildman–Crippen LogP) is 4.33. The Morgan fingerprint density at radius 2 is 2.11 bits per heavy atom. The van der Waals surface area contributed by atoms with E-state index < -0.39 is 0 Å². The third-order valence-electron chi connectivity index (χ3n) is 3.90. The zero-order valence-corrected chi connectivity index (χ0v) is 11.1. The Morgan fingerprint density at radius 3 is 2.89 bits per heavy atom. The molecule has 1 aliphatic carbocycles. The maximum absolute atomic E-state index is 5.33. The Bertz CT molecular complexity index is 501. The molecule has 1 aromatic carbocycles. The van der Waals surface area contributed by atoms with Gasteiger partial charge >= 0.3 is 0 Å². The van der Waals surface area contributed by atoms with Crippen molar-refractivity contribution in [2.45, 2.75) is 32.1 Å². The van der Waals surface area contributed by atoms with Crippen molar-refractivity contribution in [2.75, 3.05) is 11.9 Å². The second kappa shape index (κ2) is 5.91. The zero-order valence-electron chi connectivity index (χ0n) is 11.1. The van der Waals surface area contributed by atoms with Gasteiger partial charge in [0.25, 0.3) is 0 Å². The van der Waals surface area contributed by atoms with Crippen molar-refractivity contribution in [2.24, 2.45) is 5.92 Å². The van der Waals surface area contributed by atoms with Gasteiger partial charge in [0.05, 0.1) is 6.20 Å². The topological polar surface area (TPSA) is 38.1 Å². The number of oxazole rings is 1. The molecular weight excluding hydrogens is 236 g/mol. The minimum absolute atomic E-state index is 0.821. The van der Waals surface area contributed by atoms with Gasteiger partial charge in [0, 0.05) is 17.8 Å². The van der Waals surface area contributed by atoms with Crippen LogP contribution in [-0.4, -0.2) is 11.5 Å². The van der Waals surface area contributed by atoms with Crippen LogP contribution in [0.2, 0.25) is 0 Å². The van der Waals surface area contributed by atoms with Crippen LogP contribution in [0.5, 0.6) is 0 Å².